The monoisotopic (exact) mass is 541 g/mol. The first-order chi connectivity index (χ1) is 18.6. The summed E-state index contributed by atoms with van der Waals surface area (Å²) in [6.45, 7) is 0.325. The molecule has 2 amide bonds. The summed E-state index contributed by atoms with van der Waals surface area (Å²) >= 11 is 0. The van der Waals surface area contributed by atoms with Crippen molar-refractivity contribution in [1.82, 2.24) is 15.6 Å². The van der Waals surface area contributed by atoms with Gasteiger partial charge < -0.3 is 25.9 Å². The molecule has 1 atom stereocenters. The molecule has 0 spiro atoms. The normalized spacial score (nSPS) is 11.9. The molecule has 3 rings (SSSR count). The van der Waals surface area contributed by atoms with Crippen LogP contribution in [-0.2, 0) is 20.6 Å². The van der Waals surface area contributed by atoms with Gasteiger partial charge in [0.25, 0.3) is 0 Å². The minimum absolute atomic E-state index is 0.227. The number of halogens is 3. The van der Waals surface area contributed by atoms with Gasteiger partial charge in [-0.1, -0.05) is 42.5 Å². The van der Waals surface area contributed by atoms with E-state index >= 15 is 0 Å². The van der Waals surface area contributed by atoms with E-state index in [0.29, 0.717) is 29.7 Å². The maximum absolute atomic E-state index is 12.8. The number of rotatable bonds is 13. The number of aliphatic carboxylic acids is 1. The van der Waals surface area contributed by atoms with E-state index < -0.39 is 36.1 Å². The fourth-order valence-corrected chi connectivity index (χ4v) is 3.79. The minimum Gasteiger partial charge on any atom is -0.550 e. The van der Waals surface area contributed by atoms with Crippen molar-refractivity contribution in [3.8, 4) is 11.1 Å². The second-order valence-electron chi connectivity index (χ2n) is 8.77. The number of anilines is 1. The van der Waals surface area contributed by atoms with Crippen molar-refractivity contribution in [2.45, 2.75) is 37.9 Å². The molecule has 11 heteroatoms. The third kappa shape index (κ3) is 9.76. The van der Waals surface area contributed by atoms with Crippen molar-refractivity contribution < 1.29 is 32.7 Å². The Balaban J connectivity index is 1.47. The lowest BCUT2D eigenvalue weighted by molar-refractivity contribution is -0.306. The van der Waals surface area contributed by atoms with Gasteiger partial charge in [-0.25, -0.2) is 4.98 Å². The number of amides is 2. The zero-order valence-electron chi connectivity index (χ0n) is 21.0. The third-order valence-corrected chi connectivity index (χ3v) is 5.81. The Morgan fingerprint density at radius 2 is 1.54 bits per heavy atom. The number of carboxylic acids is 1. The highest BCUT2D eigenvalue weighted by molar-refractivity contribution is 5.85. The van der Waals surface area contributed by atoms with Crippen LogP contribution in [0.5, 0.6) is 0 Å². The molecule has 1 heterocycles. The molecule has 2 aromatic carbocycles. The summed E-state index contributed by atoms with van der Waals surface area (Å²) in [6, 6.07) is 15.7. The average Bonchev–Trinajstić information content (AvgIpc) is 2.91. The molecule has 0 saturated carbocycles. The van der Waals surface area contributed by atoms with Gasteiger partial charge in [0.15, 0.2) is 0 Å². The third-order valence-electron chi connectivity index (χ3n) is 5.81. The Morgan fingerprint density at radius 1 is 0.872 bits per heavy atom. The van der Waals surface area contributed by atoms with Gasteiger partial charge in [-0.3, -0.25) is 9.59 Å². The van der Waals surface area contributed by atoms with Crippen molar-refractivity contribution in [3.63, 3.8) is 0 Å². The molecule has 0 aliphatic heterocycles. The Kier molecular flexibility index (Phi) is 10.4. The second kappa shape index (κ2) is 13.9. The van der Waals surface area contributed by atoms with Gasteiger partial charge in [0.1, 0.15) is 5.82 Å². The SMILES string of the molecule is O=C([O-])CC(NC(=O)CNC(=O)CCCCNc1ccccn1)c1ccc(-c2ccc(C(F)(F)F)cc2)cc1. The van der Waals surface area contributed by atoms with Crippen LogP contribution in [0, 0.1) is 0 Å². The Bertz CT molecular complexity index is 1230. The van der Waals surface area contributed by atoms with Crippen molar-refractivity contribution in [2.75, 3.05) is 18.4 Å². The molecular weight excluding hydrogens is 513 g/mol. The van der Waals surface area contributed by atoms with E-state index in [0.717, 1.165) is 24.4 Å². The zero-order valence-corrected chi connectivity index (χ0v) is 21.0. The molecule has 3 N–H and O–H groups in total. The van der Waals surface area contributed by atoms with Crippen LogP contribution in [0.3, 0.4) is 0 Å². The van der Waals surface area contributed by atoms with Crippen molar-refractivity contribution in [2.24, 2.45) is 0 Å². The largest absolute Gasteiger partial charge is 0.550 e. The Labute approximate surface area is 223 Å². The number of aromatic nitrogens is 1. The van der Waals surface area contributed by atoms with Gasteiger partial charge in [-0.15, -0.1) is 0 Å². The highest BCUT2D eigenvalue weighted by atomic mass is 19.4. The molecule has 0 aliphatic rings. The summed E-state index contributed by atoms with van der Waals surface area (Å²) in [5.74, 6) is -1.51. The van der Waals surface area contributed by atoms with Crippen molar-refractivity contribution in [3.05, 3.63) is 84.1 Å². The number of benzene rings is 2. The van der Waals surface area contributed by atoms with Gasteiger partial charge in [-0.2, -0.15) is 13.2 Å². The predicted octanol–water partition coefficient (Wildman–Crippen LogP) is 3.46. The van der Waals surface area contributed by atoms with Crippen molar-refractivity contribution >= 4 is 23.6 Å². The molecule has 0 fully saturated rings. The highest BCUT2D eigenvalue weighted by Gasteiger charge is 2.30. The van der Waals surface area contributed by atoms with E-state index in [1.165, 1.54) is 12.1 Å². The Hall–Kier alpha value is -4.41. The van der Waals surface area contributed by atoms with E-state index in [-0.39, 0.29) is 18.9 Å². The van der Waals surface area contributed by atoms with E-state index in [4.69, 9.17) is 0 Å². The molecule has 1 aromatic heterocycles. The topological polar surface area (TPSA) is 123 Å². The number of carbonyl (C=O) groups excluding carboxylic acids is 3. The molecule has 0 saturated heterocycles. The lowest BCUT2D eigenvalue weighted by atomic mass is 9.98. The average molecular weight is 542 g/mol. The number of nitrogens with one attached hydrogen (secondary N) is 3. The molecule has 206 valence electrons. The van der Waals surface area contributed by atoms with Crippen molar-refractivity contribution in [1.29, 1.82) is 0 Å². The zero-order chi connectivity index (χ0) is 28.3. The quantitative estimate of drug-likeness (QED) is 0.285. The van der Waals surface area contributed by atoms with Gasteiger partial charge in [-0.05, 0) is 53.8 Å². The lowest BCUT2D eigenvalue weighted by Crippen LogP contribution is -2.40. The number of pyridine rings is 1. The molecule has 3 aromatic rings. The van der Waals surface area contributed by atoms with Crippen LogP contribution in [0.1, 0.15) is 42.9 Å². The van der Waals surface area contributed by atoms with Crippen LogP contribution in [0.4, 0.5) is 19.0 Å². The van der Waals surface area contributed by atoms with E-state index in [1.807, 2.05) is 18.2 Å². The van der Waals surface area contributed by atoms with Gasteiger partial charge >= 0.3 is 6.18 Å². The van der Waals surface area contributed by atoms with E-state index in [9.17, 15) is 32.7 Å². The molecule has 39 heavy (non-hydrogen) atoms. The number of carbonyl (C=O) groups is 3. The number of nitrogens with zero attached hydrogens (tertiary/aromatic N) is 1. The number of alkyl halides is 3. The molecule has 0 aliphatic carbocycles. The number of hydrogen-bond donors (Lipinski definition) is 3. The van der Waals surface area contributed by atoms with Gasteiger partial charge in [0, 0.05) is 31.6 Å². The molecule has 0 bridgehead atoms. The molecule has 1 unspecified atom stereocenters. The van der Waals surface area contributed by atoms with Gasteiger partial charge in [0.05, 0.1) is 18.2 Å². The first kappa shape index (κ1) is 29.2. The second-order valence-corrected chi connectivity index (χ2v) is 8.77. The van der Waals surface area contributed by atoms with Crippen LogP contribution in [0.25, 0.3) is 11.1 Å². The Morgan fingerprint density at radius 3 is 2.13 bits per heavy atom. The maximum Gasteiger partial charge on any atom is 0.416 e. The van der Waals surface area contributed by atoms with Crippen LogP contribution < -0.4 is 21.1 Å². The van der Waals surface area contributed by atoms with Crippen LogP contribution in [0.15, 0.2) is 72.9 Å². The fourth-order valence-electron chi connectivity index (χ4n) is 3.79. The molecule has 8 nitrogen and oxygen atoms in total. The van der Waals surface area contributed by atoms with Crippen LogP contribution in [-0.4, -0.2) is 35.9 Å². The summed E-state index contributed by atoms with van der Waals surface area (Å²) in [5.41, 5.74) is 0.873. The summed E-state index contributed by atoms with van der Waals surface area (Å²) in [7, 11) is 0. The van der Waals surface area contributed by atoms with Crippen LogP contribution >= 0.6 is 0 Å². The summed E-state index contributed by atoms with van der Waals surface area (Å²) < 4.78 is 38.4. The number of hydrogen-bond acceptors (Lipinski definition) is 6. The lowest BCUT2D eigenvalue weighted by Gasteiger charge is -2.20. The maximum atomic E-state index is 12.8. The van der Waals surface area contributed by atoms with Gasteiger partial charge in [0.2, 0.25) is 11.8 Å². The fraction of sp³-hybridized carbons (Fsp3) is 0.286. The standard InChI is InChI=1S/C28H29F3N4O4/c29-28(30,31)22-13-11-20(12-14-22)19-7-9-21(10-8-19)23(17-27(38)39)35-26(37)18-34-25(36)6-2-4-16-33-24-5-1-3-15-32-24/h1,3,5,7-15,23H,2,4,6,16-18H2,(H,32,33)(H,34,36)(H,35,37)(H,38,39)/p-1. The number of carboxylic acid groups (broad SMARTS) is 1. The number of unbranched alkanes of at least 4 members (excludes halogenated alkanes) is 1. The minimum atomic E-state index is -4.43. The highest BCUT2D eigenvalue weighted by Crippen LogP contribution is 2.31. The summed E-state index contributed by atoms with van der Waals surface area (Å²) in [5, 5.41) is 19.5. The van der Waals surface area contributed by atoms with Crippen LogP contribution in [0.2, 0.25) is 0 Å². The molecule has 0 radical (unpaired) electrons. The smallest absolute Gasteiger partial charge is 0.416 e. The van der Waals surface area contributed by atoms with E-state index in [1.54, 1.807) is 30.5 Å². The predicted molar refractivity (Wildman–Crippen MR) is 137 cm³/mol. The van der Waals surface area contributed by atoms with E-state index in [2.05, 4.69) is 20.9 Å². The first-order valence-corrected chi connectivity index (χ1v) is 12.3. The first-order valence-electron chi connectivity index (χ1n) is 12.3. The summed E-state index contributed by atoms with van der Waals surface area (Å²) in [6.07, 6.45) is -1.70. The molecular formula is C28H28F3N4O4-. The summed E-state index contributed by atoms with van der Waals surface area (Å²) in [4.78, 5) is 39.9.